The number of hydrogen-bond donors (Lipinski definition) is 0. The smallest absolute Gasteiger partial charge is 0.114 e. The minimum atomic E-state index is 0.651. The zero-order chi connectivity index (χ0) is 14.1. The van der Waals surface area contributed by atoms with Crippen molar-refractivity contribution in [2.75, 3.05) is 0 Å². The van der Waals surface area contributed by atoms with Crippen LogP contribution in [0.5, 0.6) is 0 Å². The topological polar surface area (TPSA) is 41.6 Å². The summed E-state index contributed by atoms with van der Waals surface area (Å²) < 4.78 is 2.03. The van der Waals surface area contributed by atoms with Gasteiger partial charge in [0.05, 0.1) is 22.7 Å². The van der Waals surface area contributed by atoms with Gasteiger partial charge in [-0.05, 0) is 35.9 Å². The quantitative estimate of drug-likeness (QED) is 0.719. The third kappa shape index (κ3) is 2.26. The molecule has 0 atom stereocenters. The lowest BCUT2D eigenvalue weighted by molar-refractivity contribution is 0.844. The molecule has 0 amide bonds. The van der Waals surface area contributed by atoms with Crippen LogP contribution in [0.15, 0.2) is 42.5 Å². The van der Waals surface area contributed by atoms with Crippen LogP contribution in [0.2, 0.25) is 5.02 Å². The molecule has 0 unspecified atom stereocenters. The Labute approximate surface area is 122 Å². The number of fused-ring (bicyclic) bond motifs is 1. The van der Waals surface area contributed by atoms with Crippen molar-refractivity contribution >= 4 is 22.6 Å². The maximum Gasteiger partial charge on any atom is 0.114 e. The molecule has 0 bridgehead atoms. The molecule has 20 heavy (non-hydrogen) atoms. The lowest BCUT2D eigenvalue weighted by atomic mass is 10.1. The van der Waals surface area contributed by atoms with E-state index in [2.05, 4.69) is 11.1 Å². The van der Waals surface area contributed by atoms with Gasteiger partial charge < -0.3 is 4.57 Å². The predicted molar refractivity (Wildman–Crippen MR) is 79.7 cm³/mol. The van der Waals surface area contributed by atoms with Crippen molar-refractivity contribution in [3.63, 3.8) is 0 Å². The molecule has 0 spiro atoms. The van der Waals surface area contributed by atoms with E-state index in [-0.39, 0.29) is 0 Å². The second-order valence-electron chi connectivity index (χ2n) is 4.71. The van der Waals surface area contributed by atoms with Gasteiger partial charge in [-0.15, -0.1) is 0 Å². The lowest BCUT2D eigenvalue weighted by Crippen LogP contribution is -1.99. The van der Waals surface area contributed by atoms with Crippen LogP contribution in [0.1, 0.15) is 17.0 Å². The van der Waals surface area contributed by atoms with Crippen molar-refractivity contribution in [3.05, 3.63) is 64.4 Å². The number of benzene rings is 2. The SMILES string of the molecule is Cn1c(Cc2ccc(Cl)cc2)nc2ccc(C#N)cc21. The van der Waals surface area contributed by atoms with E-state index in [0.717, 1.165) is 33.9 Å². The molecule has 0 N–H and O–H groups in total. The summed E-state index contributed by atoms with van der Waals surface area (Å²) in [6.45, 7) is 0. The average Bonchev–Trinajstić information content (AvgIpc) is 2.77. The molecule has 0 aliphatic carbocycles. The van der Waals surface area contributed by atoms with Crippen molar-refractivity contribution in [3.8, 4) is 6.07 Å². The molecule has 3 nitrogen and oxygen atoms in total. The average molecular weight is 282 g/mol. The molecular formula is C16H12ClN3. The molecule has 0 saturated heterocycles. The first-order valence-corrected chi connectivity index (χ1v) is 6.65. The highest BCUT2D eigenvalue weighted by Gasteiger charge is 2.09. The minimum Gasteiger partial charge on any atom is -0.331 e. The Morgan fingerprint density at radius 2 is 1.95 bits per heavy atom. The van der Waals surface area contributed by atoms with Gasteiger partial charge in [0.15, 0.2) is 0 Å². The third-order valence-corrected chi connectivity index (χ3v) is 3.63. The number of aryl methyl sites for hydroxylation is 1. The van der Waals surface area contributed by atoms with Crippen molar-refractivity contribution < 1.29 is 0 Å². The molecule has 0 aliphatic heterocycles. The fraction of sp³-hybridized carbons (Fsp3) is 0.125. The van der Waals surface area contributed by atoms with Gasteiger partial charge in [0, 0.05) is 18.5 Å². The van der Waals surface area contributed by atoms with Crippen LogP contribution in [-0.4, -0.2) is 9.55 Å². The summed E-state index contributed by atoms with van der Waals surface area (Å²) >= 11 is 5.89. The van der Waals surface area contributed by atoms with Gasteiger partial charge in [0.2, 0.25) is 0 Å². The number of imidazole rings is 1. The first kappa shape index (κ1) is 12.7. The Balaban J connectivity index is 2.02. The van der Waals surface area contributed by atoms with E-state index in [0.29, 0.717) is 5.56 Å². The van der Waals surface area contributed by atoms with Crippen LogP contribution >= 0.6 is 11.6 Å². The van der Waals surface area contributed by atoms with Crippen LogP contribution in [-0.2, 0) is 13.5 Å². The first-order valence-electron chi connectivity index (χ1n) is 6.27. The van der Waals surface area contributed by atoms with Crippen molar-refractivity contribution in [1.82, 2.24) is 9.55 Å². The molecule has 3 aromatic rings. The molecule has 1 aromatic heterocycles. The van der Waals surface area contributed by atoms with E-state index in [9.17, 15) is 0 Å². The zero-order valence-electron chi connectivity index (χ0n) is 11.0. The molecule has 0 saturated carbocycles. The summed E-state index contributed by atoms with van der Waals surface area (Å²) in [4.78, 5) is 4.63. The lowest BCUT2D eigenvalue weighted by Gasteiger charge is -2.03. The van der Waals surface area contributed by atoms with E-state index < -0.39 is 0 Å². The zero-order valence-corrected chi connectivity index (χ0v) is 11.7. The monoisotopic (exact) mass is 281 g/mol. The van der Waals surface area contributed by atoms with Gasteiger partial charge in [-0.3, -0.25) is 0 Å². The Hall–Kier alpha value is -2.31. The van der Waals surface area contributed by atoms with Crippen LogP contribution in [0, 0.1) is 11.3 Å². The van der Waals surface area contributed by atoms with E-state index in [1.165, 1.54) is 0 Å². The minimum absolute atomic E-state index is 0.651. The highest BCUT2D eigenvalue weighted by molar-refractivity contribution is 6.30. The summed E-state index contributed by atoms with van der Waals surface area (Å²) in [6.07, 6.45) is 0.740. The molecule has 0 radical (unpaired) electrons. The fourth-order valence-corrected chi connectivity index (χ4v) is 2.38. The van der Waals surface area contributed by atoms with Crippen molar-refractivity contribution in [1.29, 1.82) is 5.26 Å². The highest BCUT2D eigenvalue weighted by atomic mass is 35.5. The first-order chi connectivity index (χ1) is 9.67. The molecule has 3 rings (SSSR count). The summed E-state index contributed by atoms with van der Waals surface area (Å²) in [5, 5.41) is 9.70. The van der Waals surface area contributed by atoms with Gasteiger partial charge in [0.25, 0.3) is 0 Å². The molecular weight excluding hydrogens is 270 g/mol. The number of halogens is 1. The second kappa shape index (κ2) is 4.99. The number of aromatic nitrogens is 2. The molecule has 4 heteroatoms. The van der Waals surface area contributed by atoms with Gasteiger partial charge in [0.1, 0.15) is 5.82 Å². The van der Waals surface area contributed by atoms with Crippen LogP contribution in [0.25, 0.3) is 11.0 Å². The number of nitriles is 1. The Morgan fingerprint density at radius 3 is 2.65 bits per heavy atom. The maximum atomic E-state index is 8.96. The molecule has 98 valence electrons. The summed E-state index contributed by atoms with van der Waals surface area (Å²) in [6, 6.07) is 15.5. The third-order valence-electron chi connectivity index (χ3n) is 3.38. The van der Waals surface area contributed by atoms with Crippen LogP contribution in [0.4, 0.5) is 0 Å². The van der Waals surface area contributed by atoms with Crippen LogP contribution in [0.3, 0.4) is 0 Å². The van der Waals surface area contributed by atoms with Gasteiger partial charge in [-0.1, -0.05) is 23.7 Å². The number of hydrogen-bond acceptors (Lipinski definition) is 2. The molecule has 2 aromatic carbocycles. The summed E-state index contributed by atoms with van der Waals surface area (Å²) in [5.41, 5.74) is 3.70. The van der Waals surface area contributed by atoms with Crippen molar-refractivity contribution in [2.24, 2.45) is 7.05 Å². The number of nitrogens with zero attached hydrogens (tertiary/aromatic N) is 3. The highest BCUT2D eigenvalue weighted by Crippen LogP contribution is 2.19. The van der Waals surface area contributed by atoms with Gasteiger partial charge in [-0.25, -0.2) is 4.98 Å². The van der Waals surface area contributed by atoms with E-state index >= 15 is 0 Å². The Kier molecular flexibility index (Phi) is 3.17. The van der Waals surface area contributed by atoms with E-state index in [1.54, 1.807) is 6.07 Å². The fourth-order valence-electron chi connectivity index (χ4n) is 2.25. The van der Waals surface area contributed by atoms with Gasteiger partial charge in [-0.2, -0.15) is 5.26 Å². The van der Waals surface area contributed by atoms with Crippen LogP contribution < -0.4 is 0 Å². The Bertz CT molecular complexity index is 810. The second-order valence-corrected chi connectivity index (χ2v) is 5.14. The Morgan fingerprint density at radius 1 is 1.20 bits per heavy atom. The largest absolute Gasteiger partial charge is 0.331 e. The number of rotatable bonds is 2. The van der Waals surface area contributed by atoms with Crippen molar-refractivity contribution in [2.45, 2.75) is 6.42 Å². The molecule has 0 fully saturated rings. The predicted octanol–water partition coefficient (Wildman–Crippen LogP) is 3.69. The molecule has 0 aliphatic rings. The summed E-state index contributed by atoms with van der Waals surface area (Å²) in [5.74, 6) is 0.970. The van der Waals surface area contributed by atoms with Gasteiger partial charge >= 0.3 is 0 Å². The standard InChI is InChI=1S/C16H12ClN3/c1-20-15-8-12(10-18)4-7-14(15)19-16(20)9-11-2-5-13(17)6-3-11/h2-8H,9H2,1H3. The van der Waals surface area contributed by atoms with E-state index in [4.69, 9.17) is 16.9 Å². The summed E-state index contributed by atoms with van der Waals surface area (Å²) in [7, 11) is 1.97. The van der Waals surface area contributed by atoms with E-state index in [1.807, 2.05) is 48.0 Å². The maximum absolute atomic E-state index is 8.96. The normalized spacial score (nSPS) is 10.7. The molecule has 1 heterocycles.